The average molecular weight is 211 g/mol. The minimum Gasteiger partial charge on any atom is -0.378 e. The fraction of sp³-hybridized carbons (Fsp3) is 0.800. The number of ether oxygens (including phenoxy) is 1. The van der Waals surface area contributed by atoms with Crippen LogP contribution in [0.15, 0.2) is 4.52 Å². The maximum absolute atomic E-state index is 5.26. The molecule has 0 saturated carbocycles. The zero-order valence-electron chi connectivity index (χ0n) is 9.49. The van der Waals surface area contributed by atoms with Crippen molar-refractivity contribution in [2.24, 2.45) is 0 Å². The predicted molar refractivity (Wildman–Crippen MR) is 56.0 cm³/mol. The maximum Gasteiger partial charge on any atom is 0.324 e. The van der Waals surface area contributed by atoms with Crippen LogP contribution in [0.2, 0.25) is 0 Å². The molecule has 1 aliphatic rings. The van der Waals surface area contributed by atoms with Crippen molar-refractivity contribution in [2.45, 2.75) is 26.2 Å². The van der Waals surface area contributed by atoms with Gasteiger partial charge in [0.2, 0.25) is 0 Å². The van der Waals surface area contributed by atoms with Gasteiger partial charge in [-0.2, -0.15) is 4.98 Å². The van der Waals surface area contributed by atoms with Crippen LogP contribution >= 0.6 is 0 Å². The van der Waals surface area contributed by atoms with Gasteiger partial charge >= 0.3 is 6.01 Å². The number of morpholine rings is 1. The Hall–Kier alpha value is -1.10. The van der Waals surface area contributed by atoms with Crippen LogP contribution in [0.3, 0.4) is 0 Å². The summed E-state index contributed by atoms with van der Waals surface area (Å²) in [7, 11) is 0. The van der Waals surface area contributed by atoms with Gasteiger partial charge in [0.05, 0.1) is 13.2 Å². The van der Waals surface area contributed by atoms with Crippen molar-refractivity contribution in [2.75, 3.05) is 31.2 Å². The van der Waals surface area contributed by atoms with E-state index in [-0.39, 0.29) is 5.41 Å². The molecule has 0 radical (unpaired) electrons. The van der Waals surface area contributed by atoms with Gasteiger partial charge in [-0.1, -0.05) is 25.9 Å². The number of hydrogen-bond donors (Lipinski definition) is 0. The van der Waals surface area contributed by atoms with E-state index < -0.39 is 0 Å². The summed E-state index contributed by atoms with van der Waals surface area (Å²) < 4.78 is 10.5. The molecule has 0 aliphatic carbocycles. The molecular formula is C10H17N3O2. The molecular weight excluding hydrogens is 194 g/mol. The second-order valence-corrected chi connectivity index (χ2v) is 4.75. The number of hydrogen-bond acceptors (Lipinski definition) is 5. The summed E-state index contributed by atoms with van der Waals surface area (Å²) in [5.74, 6) is 0.754. The minimum absolute atomic E-state index is 0.0615. The molecule has 15 heavy (non-hydrogen) atoms. The second kappa shape index (κ2) is 3.81. The maximum atomic E-state index is 5.26. The Balaban J connectivity index is 2.12. The lowest BCUT2D eigenvalue weighted by atomic mass is 9.96. The van der Waals surface area contributed by atoms with Gasteiger partial charge in [0, 0.05) is 18.5 Å². The molecule has 0 amide bonds. The van der Waals surface area contributed by atoms with E-state index in [1.807, 2.05) is 0 Å². The molecule has 2 heterocycles. The monoisotopic (exact) mass is 211 g/mol. The van der Waals surface area contributed by atoms with E-state index in [1.165, 1.54) is 0 Å². The van der Waals surface area contributed by atoms with Gasteiger partial charge in [0.1, 0.15) is 0 Å². The van der Waals surface area contributed by atoms with Gasteiger partial charge in [-0.3, -0.25) is 0 Å². The SMILES string of the molecule is CC(C)(C)c1noc(N2CCOCC2)n1. The van der Waals surface area contributed by atoms with E-state index in [1.54, 1.807) is 0 Å². The van der Waals surface area contributed by atoms with Crippen LogP contribution in [-0.2, 0) is 10.2 Å². The Morgan fingerprint density at radius 1 is 1.20 bits per heavy atom. The number of anilines is 1. The zero-order chi connectivity index (χ0) is 10.9. The number of aromatic nitrogens is 2. The predicted octanol–water partition coefficient (Wildman–Crippen LogP) is 1.20. The Labute approximate surface area is 89.4 Å². The molecule has 0 atom stereocenters. The number of nitrogens with zero attached hydrogens (tertiary/aromatic N) is 3. The first-order valence-electron chi connectivity index (χ1n) is 5.24. The lowest BCUT2D eigenvalue weighted by Crippen LogP contribution is -2.36. The Morgan fingerprint density at radius 3 is 2.40 bits per heavy atom. The third-order valence-electron chi connectivity index (χ3n) is 2.37. The Kier molecular flexibility index (Phi) is 2.65. The third-order valence-corrected chi connectivity index (χ3v) is 2.37. The molecule has 5 heteroatoms. The highest BCUT2D eigenvalue weighted by molar-refractivity contribution is 5.26. The molecule has 0 aromatic carbocycles. The molecule has 0 spiro atoms. The van der Waals surface area contributed by atoms with Crippen LogP contribution in [0, 0.1) is 0 Å². The van der Waals surface area contributed by atoms with Gasteiger partial charge in [-0.25, -0.2) is 0 Å². The average Bonchev–Trinajstić information content (AvgIpc) is 2.67. The lowest BCUT2D eigenvalue weighted by molar-refractivity contribution is 0.119. The van der Waals surface area contributed by atoms with E-state index >= 15 is 0 Å². The van der Waals surface area contributed by atoms with Gasteiger partial charge < -0.3 is 14.2 Å². The molecule has 0 unspecified atom stereocenters. The molecule has 0 bridgehead atoms. The molecule has 0 N–H and O–H groups in total. The third kappa shape index (κ3) is 2.28. The zero-order valence-corrected chi connectivity index (χ0v) is 9.49. The highest BCUT2D eigenvalue weighted by Gasteiger charge is 2.24. The molecule has 1 saturated heterocycles. The molecule has 5 nitrogen and oxygen atoms in total. The van der Waals surface area contributed by atoms with Crippen molar-refractivity contribution in [1.82, 2.24) is 10.1 Å². The smallest absolute Gasteiger partial charge is 0.324 e. The Bertz CT molecular complexity index is 324. The van der Waals surface area contributed by atoms with E-state index in [0.717, 1.165) is 32.1 Å². The van der Waals surface area contributed by atoms with Crippen molar-refractivity contribution in [3.05, 3.63) is 5.82 Å². The fourth-order valence-electron chi connectivity index (χ4n) is 1.40. The highest BCUT2D eigenvalue weighted by Crippen LogP contribution is 2.22. The van der Waals surface area contributed by atoms with Gasteiger partial charge in [0.25, 0.3) is 0 Å². The first-order chi connectivity index (χ1) is 7.07. The van der Waals surface area contributed by atoms with Crippen LogP contribution in [0.4, 0.5) is 6.01 Å². The lowest BCUT2D eigenvalue weighted by Gasteiger charge is -2.24. The molecule has 1 aliphatic heterocycles. The van der Waals surface area contributed by atoms with E-state index in [0.29, 0.717) is 6.01 Å². The summed E-state index contributed by atoms with van der Waals surface area (Å²) in [6.45, 7) is 9.32. The summed E-state index contributed by atoms with van der Waals surface area (Å²) in [5, 5.41) is 3.99. The Morgan fingerprint density at radius 2 is 1.87 bits per heavy atom. The van der Waals surface area contributed by atoms with Crippen molar-refractivity contribution in [3.8, 4) is 0 Å². The first kappa shape index (κ1) is 10.4. The molecule has 1 aromatic heterocycles. The van der Waals surface area contributed by atoms with E-state index in [4.69, 9.17) is 9.26 Å². The van der Waals surface area contributed by atoms with Crippen LogP contribution < -0.4 is 4.90 Å². The normalized spacial score (nSPS) is 18.2. The van der Waals surface area contributed by atoms with Gasteiger partial charge in [0.15, 0.2) is 5.82 Å². The van der Waals surface area contributed by atoms with Crippen molar-refractivity contribution in [1.29, 1.82) is 0 Å². The summed E-state index contributed by atoms with van der Waals surface area (Å²) in [4.78, 5) is 6.46. The molecule has 1 aromatic rings. The largest absolute Gasteiger partial charge is 0.378 e. The van der Waals surface area contributed by atoms with Crippen LogP contribution in [-0.4, -0.2) is 36.4 Å². The first-order valence-corrected chi connectivity index (χ1v) is 5.24. The summed E-state index contributed by atoms with van der Waals surface area (Å²) in [6, 6.07) is 0.614. The molecule has 2 rings (SSSR count). The summed E-state index contributed by atoms with van der Waals surface area (Å²) >= 11 is 0. The van der Waals surface area contributed by atoms with E-state index in [9.17, 15) is 0 Å². The van der Waals surface area contributed by atoms with Crippen LogP contribution in [0.5, 0.6) is 0 Å². The molecule has 1 fully saturated rings. The van der Waals surface area contributed by atoms with Gasteiger partial charge in [-0.05, 0) is 0 Å². The van der Waals surface area contributed by atoms with Crippen molar-refractivity contribution >= 4 is 6.01 Å². The van der Waals surface area contributed by atoms with Crippen LogP contribution in [0.25, 0.3) is 0 Å². The van der Waals surface area contributed by atoms with Crippen LogP contribution in [0.1, 0.15) is 26.6 Å². The molecule has 84 valence electrons. The van der Waals surface area contributed by atoms with E-state index in [2.05, 4.69) is 35.8 Å². The standard InChI is InChI=1S/C10H17N3O2/c1-10(2,3)8-11-9(15-12-8)13-4-6-14-7-5-13/h4-7H2,1-3H3. The quantitative estimate of drug-likeness (QED) is 0.698. The summed E-state index contributed by atoms with van der Waals surface area (Å²) in [5.41, 5.74) is -0.0615. The van der Waals surface area contributed by atoms with Gasteiger partial charge in [-0.15, -0.1) is 0 Å². The summed E-state index contributed by atoms with van der Waals surface area (Å²) in [6.07, 6.45) is 0. The second-order valence-electron chi connectivity index (χ2n) is 4.75. The van der Waals surface area contributed by atoms with Crippen molar-refractivity contribution in [3.63, 3.8) is 0 Å². The fourth-order valence-corrected chi connectivity index (χ4v) is 1.40. The van der Waals surface area contributed by atoms with Crippen molar-refractivity contribution < 1.29 is 9.26 Å². The minimum atomic E-state index is -0.0615. The topological polar surface area (TPSA) is 51.4 Å². The number of rotatable bonds is 1. The highest BCUT2D eigenvalue weighted by atomic mass is 16.5.